The lowest BCUT2D eigenvalue weighted by atomic mass is 10.2. The monoisotopic (exact) mass is 290 g/mol. The summed E-state index contributed by atoms with van der Waals surface area (Å²) >= 11 is 0. The van der Waals surface area contributed by atoms with E-state index in [1.165, 1.54) is 6.07 Å². The lowest BCUT2D eigenvalue weighted by Crippen LogP contribution is -2.34. The van der Waals surface area contributed by atoms with Gasteiger partial charge in [-0.05, 0) is 26.0 Å². The fourth-order valence-electron chi connectivity index (χ4n) is 1.65. The molecule has 1 rings (SSSR count). The first-order chi connectivity index (χ1) is 9.25. The molecule has 3 N–H and O–H groups in total. The molecule has 0 saturated carbocycles. The van der Waals surface area contributed by atoms with E-state index in [1.54, 1.807) is 4.90 Å². The van der Waals surface area contributed by atoms with Crippen molar-refractivity contribution in [2.24, 2.45) is 10.9 Å². The lowest BCUT2D eigenvalue weighted by molar-refractivity contribution is -0.137. The number of amidine groups is 1. The van der Waals surface area contributed by atoms with Crippen LogP contribution in [0.15, 0.2) is 23.5 Å². The summed E-state index contributed by atoms with van der Waals surface area (Å²) in [4.78, 5) is 5.61. The second kappa shape index (κ2) is 6.44. The van der Waals surface area contributed by atoms with Gasteiger partial charge in [0.05, 0.1) is 5.56 Å². The summed E-state index contributed by atoms with van der Waals surface area (Å²) in [5.74, 6) is 0.473. The number of nitrogens with zero attached hydrogens (tertiary/aromatic N) is 3. The highest BCUT2D eigenvalue weighted by molar-refractivity contribution is 5.80. The van der Waals surface area contributed by atoms with Crippen LogP contribution in [0.3, 0.4) is 0 Å². The zero-order valence-electron chi connectivity index (χ0n) is 11.2. The summed E-state index contributed by atoms with van der Waals surface area (Å²) < 4.78 is 37.4. The summed E-state index contributed by atoms with van der Waals surface area (Å²) in [7, 11) is 0. The van der Waals surface area contributed by atoms with Gasteiger partial charge in [0.2, 0.25) is 0 Å². The van der Waals surface area contributed by atoms with E-state index >= 15 is 0 Å². The number of oxime groups is 1. The number of nitrogens with two attached hydrogens (primary N) is 1. The highest BCUT2D eigenvalue weighted by Crippen LogP contribution is 2.29. The van der Waals surface area contributed by atoms with Crippen LogP contribution in [-0.2, 0) is 6.18 Å². The topological polar surface area (TPSA) is 74.7 Å². The maximum Gasteiger partial charge on any atom is 0.417 e. The third-order valence-electron chi connectivity index (χ3n) is 2.73. The van der Waals surface area contributed by atoms with Crippen molar-refractivity contribution in [2.45, 2.75) is 32.5 Å². The highest BCUT2D eigenvalue weighted by Gasteiger charge is 2.30. The van der Waals surface area contributed by atoms with Crippen LogP contribution in [0, 0.1) is 0 Å². The van der Waals surface area contributed by atoms with Crippen molar-refractivity contribution in [3.63, 3.8) is 0 Å². The molecule has 0 aromatic carbocycles. The molecule has 0 unspecified atom stereocenters. The molecule has 1 heterocycles. The Kier molecular flexibility index (Phi) is 5.18. The molecule has 0 atom stereocenters. The molecule has 0 aliphatic rings. The van der Waals surface area contributed by atoms with Gasteiger partial charge >= 0.3 is 6.18 Å². The van der Waals surface area contributed by atoms with Gasteiger partial charge in [0.1, 0.15) is 11.7 Å². The van der Waals surface area contributed by atoms with Crippen LogP contribution >= 0.6 is 0 Å². The number of aromatic nitrogens is 1. The molecule has 0 aliphatic heterocycles. The zero-order valence-corrected chi connectivity index (χ0v) is 11.2. The summed E-state index contributed by atoms with van der Waals surface area (Å²) in [5.41, 5.74) is 4.59. The largest absolute Gasteiger partial charge is 0.417 e. The molecular formula is C12H17F3N4O. The number of hydrogen-bond donors (Lipinski definition) is 2. The van der Waals surface area contributed by atoms with E-state index in [-0.39, 0.29) is 18.3 Å². The Labute approximate surface area is 114 Å². The third-order valence-corrected chi connectivity index (χ3v) is 2.73. The van der Waals surface area contributed by atoms with E-state index in [1.807, 2.05) is 13.8 Å². The van der Waals surface area contributed by atoms with Crippen molar-refractivity contribution in [3.05, 3.63) is 23.9 Å². The van der Waals surface area contributed by atoms with E-state index < -0.39 is 11.7 Å². The molecule has 20 heavy (non-hydrogen) atoms. The summed E-state index contributed by atoms with van der Waals surface area (Å²) in [6, 6.07) is 2.32. The third kappa shape index (κ3) is 4.29. The van der Waals surface area contributed by atoms with Gasteiger partial charge in [0.25, 0.3) is 0 Å². The maximum atomic E-state index is 12.5. The molecule has 0 fully saturated rings. The van der Waals surface area contributed by atoms with Crippen LogP contribution in [-0.4, -0.2) is 28.6 Å². The summed E-state index contributed by atoms with van der Waals surface area (Å²) in [5, 5.41) is 11.3. The predicted octanol–water partition coefficient (Wildman–Crippen LogP) is 2.45. The fraction of sp³-hybridized carbons (Fsp3) is 0.500. The number of alkyl halides is 3. The molecule has 0 radical (unpaired) electrons. The Bertz CT molecular complexity index is 457. The molecule has 0 saturated heterocycles. The number of anilines is 1. The van der Waals surface area contributed by atoms with Crippen molar-refractivity contribution in [1.82, 2.24) is 4.98 Å². The van der Waals surface area contributed by atoms with Crippen molar-refractivity contribution in [3.8, 4) is 0 Å². The Hall–Kier alpha value is -1.99. The lowest BCUT2D eigenvalue weighted by Gasteiger charge is -2.27. The molecule has 8 heteroatoms. The maximum absolute atomic E-state index is 12.5. The Balaban J connectivity index is 2.87. The SMILES string of the molecule is CC(C)N(CCC(N)=NO)c1ccc(C(F)(F)F)cn1. The smallest absolute Gasteiger partial charge is 0.409 e. The molecule has 0 amide bonds. The first kappa shape index (κ1) is 16.1. The van der Waals surface area contributed by atoms with Crippen molar-refractivity contribution in [1.29, 1.82) is 0 Å². The first-order valence-electron chi connectivity index (χ1n) is 6.02. The van der Waals surface area contributed by atoms with E-state index in [2.05, 4.69) is 10.1 Å². The molecule has 0 aliphatic carbocycles. The minimum atomic E-state index is -4.40. The number of rotatable bonds is 5. The quantitative estimate of drug-likeness (QED) is 0.378. The normalized spacial score (nSPS) is 12.8. The van der Waals surface area contributed by atoms with Crippen molar-refractivity contribution in [2.75, 3.05) is 11.4 Å². The van der Waals surface area contributed by atoms with Crippen molar-refractivity contribution >= 4 is 11.7 Å². The molecule has 5 nitrogen and oxygen atoms in total. The Morgan fingerprint density at radius 1 is 1.45 bits per heavy atom. The number of hydrogen-bond acceptors (Lipinski definition) is 4. The van der Waals surface area contributed by atoms with E-state index in [0.29, 0.717) is 12.4 Å². The van der Waals surface area contributed by atoms with Gasteiger partial charge in [-0.25, -0.2) is 4.98 Å². The molecule has 0 bridgehead atoms. The van der Waals surface area contributed by atoms with Gasteiger partial charge in [-0.1, -0.05) is 5.16 Å². The van der Waals surface area contributed by atoms with Crippen LogP contribution in [0.4, 0.5) is 19.0 Å². The van der Waals surface area contributed by atoms with E-state index in [0.717, 1.165) is 12.3 Å². The standard InChI is InChI=1S/C12H17F3N4O/c1-8(2)19(6-5-10(16)18-20)11-4-3-9(7-17-11)12(13,14)15/h3-4,7-8,20H,5-6H2,1-2H3,(H2,16,18). The van der Waals surface area contributed by atoms with Crippen LogP contribution in [0.25, 0.3) is 0 Å². The molecule has 0 spiro atoms. The van der Waals surface area contributed by atoms with Crippen LogP contribution in [0.5, 0.6) is 0 Å². The summed E-state index contributed by atoms with van der Waals surface area (Å²) in [6.45, 7) is 4.16. The predicted molar refractivity (Wildman–Crippen MR) is 69.7 cm³/mol. The number of halogens is 3. The second-order valence-electron chi connectivity index (χ2n) is 4.53. The van der Waals surface area contributed by atoms with Crippen LogP contribution in [0.1, 0.15) is 25.8 Å². The molecule has 1 aromatic rings. The minimum absolute atomic E-state index is 0.0192. The van der Waals surface area contributed by atoms with Gasteiger partial charge in [-0.15, -0.1) is 0 Å². The first-order valence-corrected chi connectivity index (χ1v) is 6.02. The number of pyridine rings is 1. The van der Waals surface area contributed by atoms with E-state index in [4.69, 9.17) is 10.9 Å². The average molecular weight is 290 g/mol. The van der Waals surface area contributed by atoms with Crippen LogP contribution in [0.2, 0.25) is 0 Å². The van der Waals surface area contributed by atoms with Gasteiger partial charge in [-0.3, -0.25) is 0 Å². The highest BCUT2D eigenvalue weighted by atomic mass is 19.4. The van der Waals surface area contributed by atoms with Gasteiger partial charge in [-0.2, -0.15) is 13.2 Å². The fourth-order valence-corrected chi connectivity index (χ4v) is 1.65. The van der Waals surface area contributed by atoms with Crippen molar-refractivity contribution < 1.29 is 18.4 Å². The second-order valence-corrected chi connectivity index (χ2v) is 4.53. The van der Waals surface area contributed by atoms with Crippen LogP contribution < -0.4 is 10.6 Å². The zero-order chi connectivity index (χ0) is 15.3. The Morgan fingerprint density at radius 3 is 2.50 bits per heavy atom. The van der Waals surface area contributed by atoms with Gasteiger partial charge in [0, 0.05) is 25.2 Å². The van der Waals surface area contributed by atoms with Gasteiger partial charge < -0.3 is 15.8 Å². The molecular weight excluding hydrogens is 273 g/mol. The minimum Gasteiger partial charge on any atom is -0.409 e. The van der Waals surface area contributed by atoms with E-state index in [9.17, 15) is 13.2 Å². The van der Waals surface area contributed by atoms with Gasteiger partial charge in [0.15, 0.2) is 0 Å². The molecule has 1 aromatic heterocycles. The average Bonchev–Trinajstić information content (AvgIpc) is 2.37. The Morgan fingerprint density at radius 2 is 2.10 bits per heavy atom. The summed E-state index contributed by atoms with van der Waals surface area (Å²) in [6.07, 6.45) is -3.31. The molecule has 112 valence electrons.